The number of hydrogen-bond donors (Lipinski definition) is 2. The van der Waals surface area contributed by atoms with Gasteiger partial charge in [-0.3, -0.25) is 9.89 Å². The number of piperidine rings is 1. The topological polar surface area (TPSA) is 130 Å². The van der Waals surface area contributed by atoms with E-state index in [9.17, 15) is 10.5 Å². The Morgan fingerprint density at radius 2 is 2.03 bits per heavy atom. The van der Waals surface area contributed by atoms with E-state index in [1.165, 1.54) is 38.1 Å². The van der Waals surface area contributed by atoms with Gasteiger partial charge in [-0.2, -0.15) is 15.5 Å². The number of hydrogen-bond acceptors (Lipinski definition) is 9. The molecule has 0 amide bonds. The maximum absolute atomic E-state index is 9.54. The van der Waals surface area contributed by atoms with Crippen molar-refractivity contribution in [3.8, 4) is 12.1 Å². The second-order valence-corrected chi connectivity index (χ2v) is 8.58. The van der Waals surface area contributed by atoms with E-state index in [1.54, 1.807) is 13.3 Å². The Morgan fingerprint density at radius 3 is 2.60 bits per heavy atom. The summed E-state index contributed by atoms with van der Waals surface area (Å²) in [5.74, 6) is 0.941. The molecule has 1 aromatic heterocycles. The second-order valence-electron chi connectivity index (χ2n) is 8.58. The highest BCUT2D eigenvalue weighted by atomic mass is 15.4. The van der Waals surface area contributed by atoms with E-state index >= 15 is 0 Å². The molecule has 4 rings (SSSR count). The summed E-state index contributed by atoms with van der Waals surface area (Å²) in [6, 6.07) is 4.57. The Bertz CT molecular complexity index is 932. The Labute approximate surface area is 176 Å². The Morgan fingerprint density at radius 1 is 1.30 bits per heavy atom. The van der Waals surface area contributed by atoms with Crippen LogP contribution in [0.4, 0.5) is 11.8 Å². The molecule has 30 heavy (non-hydrogen) atoms. The minimum absolute atomic E-state index is 0.159. The van der Waals surface area contributed by atoms with Crippen molar-refractivity contribution in [1.82, 2.24) is 14.9 Å². The third kappa shape index (κ3) is 3.69. The van der Waals surface area contributed by atoms with Gasteiger partial charge in [-0.15, -0.1) is 0 Å². The molecule has 1 aliphatic carbocycles. The van der Waals surface area contributed by atoms with Gasteiger partial charge in [-0.1, -0.05) is 0 Å². The fraction of sp³-hybridized carbons (Fsp3) is 0.571. The van der Waals surface area contributed by atoms with Crippen molar-refractivity contribution in [1.29, 1.82) is 10.5 Å². The molecule has 3 fully saturated rings. The fourth-order valence-electron chi connectivity index (χ4n) is 4.66. The number of nitriles is 2. The predicted molar refractivity (Wildman–Crippen MR) is 115 cm³/mol. The number of nitrogens with two attached hydrogens (primary N) is 1. The van der Waals surface area contributed by atoms with E-state index in [-0.39, 0.29) is 5.54 Å². The van der Waals surface area contributed by atoms with Crippen molar-refractivity contribution in [3.63, 3.8) is 0 Å². The van der Waals surface area contributed by atoms with Crippen LogP contribution in [0.5, 0.6) is 0 Å². The lowest BCUT2D eigenvalue weighted by molar-refractivity contribution is 0.0251. The lowest BCUT2D eigenvalue weighted by Crippen LogP contribution is -2.71. The van der Waals surface area contributed by atoms with Crippen molar-refractivity contribution in [2.45, 2.75) is 37.6 Å². The number of rotatable bonds is 6. The van der Waals surface area contributed by atoms with Gasteiger partial charge in [0.25, 0.3) is 0 Å². The molecular formula is C21H27N9. The number of likely N-dealkylation sites (tertiary alicyclic amines) is 1. The molecule has 3 aliphatic rings. The van der Waals surface area contributed by atoms with Crippen LogP contribution in [0, 0.1) is 28.1 Å². The third-order valence-electron chi connectivity index (χ3n) is 6.72. The van der Waals surface area contributed by atoms with E-state index < -0.39 is 0 Å². The number of allylic oxidation sites excluding steroid dienone is 1. The average molecular weight is 406 g/mol. The van der Waals surface area contributed by atoms with Gasteiger partial charge in [0.15, 0.2) is 5.82 Å². The van der Waals surface area contributed by atoms with Gasteiger partial charge in [0.1, 0.15) is 11.6 Å². The van der Waals surface area contributed by atoms with Crippen molar-refractivity contribution in [3.05, 3.63) is 23.7 Å². The molecular weight excluding hydrogens is 378 g/mol. The number of anilines is 2. The monoisotopic (exact) mass is 405 g/mol. The van der Waals surface area contributed by atoms with E-state index in [0.29, 0.717) is 48.0 Å². The molecule has 3 heterocycles. The minimum Gasteiger partial charge on any atom is -0.403 e. The first-order chi connectivity index (χ1) is 14.6. The zero-order chi connectivity index (χ0) is 21.2. The number of aromatic nitrogens is 2. The summed E-state index contributed by atoms with van der Waals surface area (Å²) in [5.41, 5.74) is 7.03. The van der Waals surface area contributed by atoms with Gasteiger partial charge >= 0.3 is 0 Å². The SMILES string of the molecule is CN=C/C(=C\N)Nc1ncc(C#N)c(N2CC(CC#N)(N3CCC4(CC3)CC4)C2)n1. The highest BCUT2D eigenvalue weighted by Gasteiger charge is 2.53. The molecule has 9 heteroatoms. The highest BCUT2D eigenvalue weighted by molar-refractivity contribution is 5.82. The van der Waals surface area contributed by atoms with Crippen LogP contribution in [-0.2, 0) is 0 Å². The lowest BCUT2D eigenvalue weighted by Gasteiger charge is -2.57. The van der Waals surface area contributed by atoms with Crippen LogP contribution in [0.1, 0.15) is 37.7 Å². The smallest absolute Gasteiger partial charge is 0.229 e. The van der Waals surface area contributed by atoms with E-state index in [4.69, 9.17) is 5.73 Å². The minimum atomic E-state index is -0.159. The van der Waals surface area contributed by atoms with Gasteiger partial charge in [-0.05, 0) is 44.2 Å². The van der Waals surface area contributed by atoms with Crippen LogP contribution < -0.4 is 16.0 Å². The number of nitrogens with one attached hydrogen (secondary N) is 1. The van der Waals surface area contributed by atoms with Crippen molar-refractivity contribution in [2.75, 3.05) is 43.4 Å². The molecule has 1 spiro atoms. The van der Waals surface area contributed by atoms with Crippen molar-refractivity contribution >= 4 is 18.0 Å². The zero-order valence-corrected chi connectivity index (χ0v) is 17.3. The summed E-state index contributed by atoms with van der Waals surface area (Å²) in [5, 5.41) is 22.0. The molecule has 0 aromatic carbocycles. The molecule has 0 bridgehead atoms. The fourth-order valence-corrected chi connectivity index (χ4v) is 4.66. The van der Waals surface area contributed by atoms with Crippen molar-refractivity contribution < 1.29 is 0 Å². The van der Waals surface area contributed by atoms with Crippen LogP contribution in [0.15, 0.2) is 23.1 Å². The molecule has 1 aromatic rings. The molecule has 2 aliphatic heterocycles. The van der Waals surface area contributed by atoms with Crippen LogP contribution in [-0.4, -0.2) is 59.8 Å². The summed E-state index contributed by atoms with van der Waals surface area (Å²) in [7, 11) is 1.65. The molecule has 156 valence electrons. The largest absolute Gasteiger partial charge is 0.403 e. The summed E-state index contributed by atoms with van der Waals surface area (Å²) in [6.45, 7) is 3.49. The van der Waals surface area contributed by atoms with Crippen molar-refractivity contribution in [2.24, 2.45) is 16.1 Å². The number of aliphatic imine (C=N–C) groups is 1. The maximum Gasteiger partial charge on any atom is 0.229 e. The van der Waals surface area contributed by atoms with Crippen LogP contribution >= 0.6 is 0 Å². The van der Waals surface area contributed by atoms with Gasteiger partial charge < -0.3 is 16.0 Å². The Hall–Kier alpha value is -3.17. The van der Waals surface area contributed by atoms with Crippen LogP contribution in [0.3, 0.4) is 0 Å². The Kier molecular flexibility index (Phi) is 5.31. The van der Waals surface area contributed by atoms with Crippen LogP contribution in [0.2, 0.25) is 0 Å². The molecule has 1 saturated carbocycles. The van der Waals surface area contributed by atoms with Gasteiger partial charge in [-0.25, -0.2) is 4.98 Å². The maximum atomic E-state index is 9.54. The summed E-state index contributed by atoms with van der Waals surface area (Å²) < 4.78 is 0. The lowest BCUT2D eigenvalue weighted by atomic mass is 9.81. The third-order valence-corrected chi connectivity index (χ3v) is 6.72. The first-order valence-electron chi connectivity index (χ1n) is 10.3. The first kappa shape index (κ1) is 20.1. The molecule has 0 atom stereocenters. The van der Waals surface area contributed by atoms with Gasteiger partial charge in [0.05, 0.1) is 29.9 Å². The molecule has 9 nitrogen and oxygen atoms in total. The predicted octanol–water partition coefficient (Wildman–Crippen LogP) is 1.61. The zero-order valence-electron chi connectivity index (χ0n) is 17.3. The molecule has 0 unspecified atom stereocenters. The summed E-state index contributed by atoms with van der Waals surface area (Å²) in [4.78, 5) is 17.3. The van der Waals surface area contributed by atoms with Crippen LogP contribution in [0.25, 0.3) is 0 Å². The van der Waals surface area contributed by atoms with E-state index in [0.717, 1.165) is 13.1 Å². The van der Waals surface area contributed by atoms with Gasteiger partial charge in [0, 0.05) is 32.6 Å². The van der Waals surface area contributed by atoms with Gasteiger partial charge in [0.2, 0.25) is 5.95 Å². The van der Waals surface area contributed by atoms with E-state index in [2.05, 4.69) is 42.2 Å². The Balaban J connectivity index is 1.51. The normalized spacial score (nSPS) is 22.4. The average Bonchev–Trinajstić information content (AvgIpc) is 3.49. The standard InChI is InChI=1S/C21H27N9/c1-25-13-17(11-24)27-19-26-12-16(10-23)18(28-19)29-14-21(15-29,4-7-22)30-8-5-20(2-3-20)6-9-30/h11-13H,2-6,8-9,14-15,24H2,1H3,(H,26,27,28)/b17-11+,25-13?. The van der Waals surface area contributed by atoms with E-state index in [1.807, 2.05) is 0 Å². The molecule has 0 radical (unpaired) electrons. The quantitative estimate of drug-likeness (QED) is 0.683. The second kappa shape index (κ2) is 7.92. The summed E-state index contributed by atoms with van der Waals surface area (Å²) >= 11 is 0. The molecule has 2 saturated heterocycles. The molecule has 3 N–H and O–H groups in total. The summed E-state index contributed by atoms with van der Waals surface area (Å²) in [6.07, 6.45) is 10.2. The highest BCUT2D eigenvalue weighted by Crippen LogP contribution is 2.54. The first-order valence-corrected chi connectivity index (χ1v) is 10.3. The number of nitrogens with zero attached hydrogens (tertiary/aromatic N) is 7.